The van der Waals surface area contributed by atoms with Crippen molar-refractivity contribution >= 4 is 22.1 Å². The van der Waals surface area contributed by atoms with Crippen molar-refractivity contribution in [2.75, 3.05) is 19.0 Å². The van der Waals surface area contributed by atoms with Gasteiger partial charge in [0.1, 0.15) is 36.8 Å². The zero-order valence-electron chi connectivity index (χ0n) is 32.0. The fourth-order valence-corrected chi connectivity index (χ4v) is 5.80. The Bertz CT molecular complexity index is 1330. The molecule has 1 saturated heterocycles. The van der Waals surface area contributed by atoms with E-state index in [1.807, 2.05) is 66.8 Å². The average Bonchev–Trinajstić information content (AvgIpc) is 3.13. The SMILES string of the molecule is CC/C=C/C=C/C=C/C=C/C=C/CCCC(=O)OCC(CO[C@@H]1O[C@@H](CS(=O)(=O)O)[C@H](O)C(O)C1O)OC(=O)CC/C=C/C/C=C/CCCCCCCC. The van der Waals surface area contributed by atoms with Crippen LogP contribution in [0.25, 0.3) is 0 Å². The number of rotatable bonds is 29. The van der Waals surface area contributed by atoms with Gasteiger partial charge < -0.3 is 34.3 Å². The van der Waals surface area contributed by atoms with E-state index in [9.17, 15) is 37.9 Å². The number of unbranched alkanes of at least 4 members (excludes halogenated alkanes) is 7. The maximum Gasteiger partial charge on any atom is 0.306 e. The Kier molecular flexibility index (Phi) is 28.1. The molecular formula is C41H64O12S. The molecule has 1 heterocycles. The zero-order chi connectivity index (χ0) is 39.9. The number of ether oxygens (including phenoxy) is 4. The quantitative estimate of drug-likeness (QED) is 0.0211. The summed E-state index contributed by atoms with van der Waals surface area (Å²) in [7, 11) is -4.62. The number of allylic oxidation sites excluding steroid dienone is 14. The lowest BCUT2D eigenvalue weighted by atomic mass is 10.00. The molecule has 12 nitrogen and oxygen atoms in total. The van der Waals surface area contributed by atoms with Crippen LogP contribution in [0.2, 0.25) is 0 Å². The molecule has 3 unspecified atom stereocenters. The predicted octanol–water partition coefficient (Wildman–Crippen LogP) is 6.55. The van der Waals surface area contributed by atoms with Gasteiger partial charge in [0.15, 0.2) is 12.4 Å². The molecule has 306 valence electrons. The summed E-state index contributed by atoms with van der Waals surface area (Å²) in [6.07, 6.45) is 29.6. The highest BCUT2D eigenvalue weighted by molar-refractivity contribution is 7.85. The van der Waals surface area contributed by atoms with Gasteiger partial charge in [0.05, 0.1) is 6.61 Å². The number of carbonyl (C=O) groups is 2. The largest absolute Gasteiger partial charge is 0.462 e. The first-order chi connectivity index (χ1) is 26.0. The van der Waals surface area contributed by atoms with Crippen molar-refractivity contribution in [2.24, 2.45) is 0 Å². The van der Waals surface area contributed by atoms with Crippen molar-refractivity contribution in [3.8, 4) is 0 Å². The van der Waals surface area contributed by atoms with Gasteiger partial charge >= 0.3 is 11.9 Å². The molecule has 6 atom stereocenters. The summed E-state index contributed by atoms with van der Waals surface area (Å²) in [5.41, 5.74) is 0. The van der Waals surface area contributed by atoms with Gasteiger partial charge in [-0.05, 0) is 44.9 Å². The molecule has 54 heavy (non-hydrogen) atoms. The van der Waals surface area contributed by atoms with E-state index in [0.717, 1.165) is 19.3 Å². The van der Waals surface area contributed by atoms with Crippen molar-refractivity contribution < 1.29 is 56.8 Å². The van der Waals surface area contributed by atoms with Gasteiger partial charge in [0, 0.05) is 12.8 Å². The van der Waals surface area contributed by atoms with Gasteiger partial charge in [-0.1, -0.05) is 131 Å². The molecule has 0 aromatic carbocycles. The summed E-state index contributed by atoms with van der Waals surface area (Å²) in [6, 6.07) is 0. The summed E-state index contributed by atoms with van der Waals surface area (Å²) in [6.45, 7) is 3.44. The van der Waals surface area contributed by atoms with E-state index in [1.54, 1.807) is 0 Å². The van der Waals surface area contributed by atoms with Gasteiger partial charge in [-0.3, -0.25) is 14.1 Å². The Balaban J connectivity index is 2.64. The number of hydrogen-bond acceptors (Lipinski definition) is 11. The van der Waals surface area contributed by atoms with Crippen LogP contribution >= 0.6 is 0 Å². The Morgan fingerprint density at radius 2 is 1.28 bits per heavy atom. The van der Waals surface area contributed by atoms with E-state index < -0.39 is 71.2 Å². The van der Waals surface area contributed by atoms with Gasteiger partial charge in [0.25, 0.3) is 10.1 Å². The van der Waals surface area contributed by atoms with Crippen LogP contribution in [0.1, 0.15) is 104 Å². The monoisotopic (exact) mass is 780 g/mol. The first kappa shape index (κ1) is 48.8. The molecule has 1 aliphatic rings. The van der Waals surface area contributed by atoms with Crippen molar-refractivity contribution in [1.29, 1.82) is 0 Å². The smallest absolute Gasteiger partial charge is 0.306 e. The Morgan fingerprint density at radius 1 is 0.667 bits per heavy atom. The standard InChI is InChI=1S/C41H64O12S/c1-3-5-7-9-11-13-15-17-19-21-23-25-27-29-36(42)50-31-34(32-51-41-40(46)39(45)38(44)35(53-41)33-54(47,48)49)52-37(43)30-28-26-24-22-20-18-16-14-12-10-8-6-4-2/h5,7,9,11,13,15,17-21,23-24,26,34-35,38-41,44-46H,3-4,6,8,10,12,14,16,22,25,27-33H2,1-2H3,(H,47,48,49)/b7-5+,11-9+,15-13+,19-17+,20-18+,23-21+,26-24+/t34?,35-,38-,39?,40?,41+/m0/s1. The summed E-state index contributed by atoms with van der Waals surface area (Å²) in [5, 5.41) is 30.7. The molecule has 0 bridgehead atoms. The lowest BCUT2D eigenvalue weighted by molar-refractivity contribution is -0.297. The molecule has 0 saturated carbocycles. The number of aliphatic hydroxyl groups is 3. The van der Waals surface area contributed by atoms with E-state index in [1.165, 1.54) is 38.5 Å². The Labute approximate surface area is 322 Å². The third-order valence-electron chi connectivity index (χ3n) is 8.10. The van der Waals surface area contributed by atoms with E-state index in [0.29, 0.717) is 19.3 Å². The second-order valence-electron chi connectivity index (χ2n) is 13.0. The molecule has 0 spiro atoms. The van der Waals surface area contributed by atoms with Crippen LogP contribution in [-0.4, -0.2) is 96.0 Å². The van der Waals surface area contributed by atoms with E-state index in [4.69, 9.17) is 18.9 Å². The molecule has 0 amide bonds. The highest BCUT2D eigenvalue weighted by atomic mass is 32.2. The summed E-state index contributed by atoms with van der Waals surface area (Å²) in [5.74, 6) is -2.18. The Hall–Kier alpha value is -3.17. The van der Waals surface area contributed by atoms with Crippen LogP contribution in [0.5, 0.6) is 0 Å². The average molecular weight is 781 g/mol. The van der Waals surface area contributed by atoms with Gasteiger partial charge in [-0.15, -0.1) is 0 Å². The molecular weight excluding hydrogens is 717 g/mol. The van der Waals surface area contributed by atoms with Gasteiger partial charge in [-0.25, -0.2) is 0 Å². The molecule has 0 aromatic heterocycles. The van der Waals surface area contributed by atoms with Crippen molar-refractivity contribution in [2.45, 2.75) is 141 Å². The lowest BCUT2D eigenvalue weighted by Crippen LogP contribution is -2.60. The Morgan fingerprint density at radius 3 is 1.94 bits per heavy atom. The third kappa shape index (κ3) is 25.8. The van der Waals surface area contributed by atoms with Crippen LogP contribution in [0, 0.1) is 0 Å². The second-order valence-corrected chi connectivity index (χ2v) is 14.5. The minimum absolute atomic E-state index is 0.0376. The number of esters is 2. The molecule has 1 rings (SSSR count). The van der Waals surface area contributed by atoms with Crippen LogP contribution < -0.4 is 0 Å². The second kappa shape index (κ2) is 31.1. The molecule has 0 aromatic rings. The molecule has 1 aliphatic heterocycles. The topological polar surface area (TPSA) is 186 Å². The van der Waals surface area contributed by atoms with Crippen LogP contribution in [0.3, 0.4) is 0 Å². The molecule has 4 N–H and O–H groups in total. The zero-order valence-corrected chi connectivity index (χ0v) is 32.8. The van der Waals surface area contributed by atoms with Crippen molar-refractivity contribution in [3.63, 3.8) is 0 Å². The summed E-state index contributed by atoms with van der Waals surface area (Å²) >= 11 is 0. The summed E-state index contributed by atoms with van der Waals surface area (Å²) < 4.78 is 53.6. The lowest BCUT2D eigenvalue weighted by Gasteiger charge is -2.40. The minimum atomic E-state index is -4.62. The highest BCUT2D eigenvalue weighted by Crippen LogP contribution is 2.23. The molecule has 0 radical (unpaired) electrons. The van der Waals surface area contributed by atoms with Crippen LogP contribution in [-0.2, 0) is 38.7 Å². The first-order valence-electron chi connectivity index (χ1n) is 19.2. The van der Waals surface area contributed by atoms with E-state index in [2.05, 4.69) is 32.1 Å². The fourth-order valence-electron chi connectivity index (χ4n) is 5.11. The predicted molar refractivity (Wildman–Crippen MR) is 210 cm³/mol. The summed E-state index contributed by atoms with van der Waals surface area (Å²) in [4.78, 5) is 25.2. The van der Waals surface area contributed by atoms with Gasteiger partial charge in [-0.2, -0.15) is 8.42 Å². The van der Waals surface area contributed by atoms with E-state index >= 15 is 0 Å². The van der Waals surface area contributed by atoms with Crippen LogP contribution in [0.15, 0.2) is 85.1 Å². The van der Waals surface area contributed by atoms with Crippen LogP contribution in [0.4, 0.5) is 0 Å². The molecule has 1 fully saturated rings. The number of carbonyl (C=O) groups excluding carboxylic acids is 2. The maximum atomic E-state index is 12.7. The normalized spacial score (nSPS) is 21.9. The fraction of sp³-hybridized carbons (Fsp3) is 0.610. The molecule has 13 heteroatoms. The van der Waals surface area contributed by atoms with Crippen molar-refractivity contribution in [1.82, 2.24) is 0 Å². The van der Waals surface area contributed by atoms with Crippen molar-refractivity contribution in [3.05, 3.63) is 85.1 Å². The number of hydrogen-bond donors (Lipinski definition) is 4. The van der Waals surface area contributed by atoms with Gasteiger partial charge in [0.2, 0.25) is 0 Å². The van der Waals surface area contributed by atoms with E-state index in [-0.39, 0.29) is 19.4 Å². The third-order valence-corrected chi connectivity index (χ3v) is 8.85. The number of aliphatic hydroxyl groups excluding tert-OH is 3. The minimum Gasteiger partial charge on any atom is -0.462 e. The molecule has 0 aliphatic carbocycles. The maximum absolute atomic E-state index is 12.7. The highest BCUT2D eigenvalue weighted by Gasteiger charge is 2.46. The first-order valence-corrected chi connectivity index (χ1v) is 20.8.